The number of halogens is 2. The molecule has 1 unspecified atom stereocenters. The Balaban J connectivity index is 2.39. The molecule has 0 radical (unpaired) electrons. The molecule has 1 N–H and O–H groups in total. The van der Waals surface area contributed by atoms with Crippen molar-refractivity contribution in [3.63, 3.8) is 0 Å². The van der Waals surface area contributed by atoms with E-state index in [1.807, 2.05) is 32.0 Å². The topological polar surface area (TPSA) is 66.5 Å². The van der Waals surface area contributed by atoms with E-state index in [-0.39, 0.29) is 10.7 Å². The number of hydrogen-bond acceptors (Lipinski definition) is 3. The first-order valence-electron chi connectivity index (χ1n) is 7.82. The number of benzene rings is 2. The molecule has 0 bridgehead atoms. The lowest BCUT2D eigenvalue weighted by Gasteiger charge is -2.29. The summed E-state index contributed by atoms with van der Waals surface area (Å²) in [5.41, 5.74) is 2.74. The number of rotatable bonds is 5. The van der Waals surface area contributed by atoms with Crippen molar-refractivity contribution in [2.24, 2.45) is 0 Å². The summed E-state index contributed by atoms with van der Waals surface area (Å²) in [6, 6.07) is 9.05. The van der Waals surface area contributed by atoms with Crippen LogP contribution in [0.25, 0.3) is 0 Å². The molecule has 0 saturated heterocycles. The molecule has 0 spiro atoms. The van der Waals surface area contributed by atoms with E-state index >= 15 is 0 Å². The van der Waals surface area contributed by atoms with Crippen LogP contribution in [0, 0.1) is 13.8 Å². The summed E-state index contributed by atoms with van der Waals surface area (Å²) in [5, 5.41) is 3.26. The fourth-order valence-corrected chi connectivity index (χ4v) is 4.33. The zero-order chi connectivity index (χ0) is 19.6. The summed E-state index contributed by atoms with van der Waals surface area (Å²) in [7, 11) is -3.78. The fourth-order valence-electron chi connectivity index (χ4n) is 2.73. The predicted molar refractivity (Wildman–Crippen MR) is 108 cm³/mol. The average molecular weight is 415 g/mol. The molecule has 0 aliphatic carbocycles. The zero-order valence-corrected chi connectivity index (χ0v) is 17.2. The van der Waals surface area contributed by atoms with Gasteiger partial charge in [0.2, 0.25) is 15.9 Å². The Morgan fingerprint density at radius 1 is 1.08 bits per heavy atom. The van der Waals surface area contributed by atoms with E-state index < -0.39 is 22.0 Å². The van der Waals surface area contributed by atoms with Crippen molar-refractivity contribution in [2.75, 3.05) is 15.9 Å². The third-order valence-corrected chi connectivity index (χ3v) is 5.51. The number of nitrogens with zero attached hydrogens (tertiary/aromatic N) is 1. The first-order chi connectivity index (χ1) is 12.0. The largest absolute Gasteiger partial charge is 0.324 e. The Morgan fingerprint density at radius 3 is 2.19 bits per heavy atom. The molecule has 0 aliphatic heterocycles. The van der Waals surface area contributed by atoms with Gasteiger partial charge in [0.25, 0.3) is 0 Å². The van der Waals surface area contributed by atoms with Crippen molar-refractivity contribution < 1.29 is 13.2 Å². The van der Waals surface area contributed by atoms with Gasteiger partial charge < -0.3 is 5.32 Å². The molecule has 0 heterocycles. The van der Waals surface area contributed by atoms with Gasteiger partial charge in [0, 0.05) is 10.7 Å². The van der Waals surface area contributed by atoms with Crippen LogP contribution < -0.4 is 9.62 Å². The van der Waals surface area contributed by atoms with E-state index in [1.54, 1.807) is 6.07 Å². The van der Waals surface area contributed by atoms with Gasteiger partial charge in [-0.1, -0.05) is 29.3 Å². The van der Waals surface area contributed by atoms with Crippen molar-refractivity contribution in [3.05, 3.63) is 57.6 Å². The Morgan fingerprint density at radius 2 is 1.65 bits per heavy atom. The molecule has 2 aromatic carbocycles. The molecule has 0 fully saturated rings. The molecule has 0 aromatic heterocycles. The van der Waals surface area contributed by atoms with Gasteiger partial charge in [-0.05, 0) is 62.2 Å². The minimum atomic E-state index is -3.78. The molecule has 0 aliphatic rings. The first kappa shape index (κ1) is 20.6. The molecule has 5 nitrogen and oxygen atoms in total. The smallest absolute Gasteiger partial charge is 0.247 e. The van der Waals surface area contributed by atoms with Crippen LogP contribution in [0.2, 0.25) is 10.0 Å². The maximum atomic E-state index is 12.7. The van der Waals surface area contributed by atoms with E-state index in [1.165, 1.54) is 19.1 Å². The predicted octanol–water partition coefficient (Wildman–Crippen LogP) is 4.40. The first-order valence-corrected chi connectivity index (χ1v) is 10.4. The summed E-state index contributed by atoms with van der Waals surface area (Å²) in [5.74, 6) is -0.475. The lowest BCUT2D eigenvalue weighted by Crippen LogP contribution is -2.45. The van der Waals surface area contributed by atoms with Crippen LogP contribution in [0.15, 0.2) is 36.4 Å². The Kier molecular flexibility index (Phi) is 6.21. The molecule has 140 valence electrons. The number of anilines is 2. The van der Waals surface area contributed by atoms with E-state index in [4.69, 9.17) is 23.2 Å². The number of hydrogen-bond donors (Lipinski definition) is 1. The van der Waals surface area contributed by atoms with E-state index in [0.29, 0.717) is 10.7 Å². The van der Waals surface area contributed by atoms with Crippen LogP contribution in [0.4, 0.5) is 11.4 Å². The summed E-state index contributed by atoms with van der Waals surface area (Å²) >= 11 is 12.1. The van der Waals surface area contributed by atoms with Gasteiger partial charge >= 0.3 is 0 Å². The van der Waals surface area contributed by atoms with E-state index in [0.717, 1.165) is 21.7 Å². The molecule has 2 rings (SSSR count). The van der Waals surface area contributed by atoms with Gasteiger partial charge in [-0.3, -0.25) is 9.10 Å². The highest BCUT2D eigenvalue weighted by Crippen LogP contribution is 2.32. The van der Waals surface area contributed by atoms with Gasteiger partial charge in [-0.25, -0.2) is 8.42 Å². The summed E-state index contributed by atoms with van der Waals surface area (Å²) in [4.78, 5) is 12.7. The molecular weight excluding hydrogens is 395 g/mol. The molecular formula is C18H20Cl2N2O3S. The van der Waals surface area contributed by atoms with Gasteiger partial charge in [0.1, 0.15) is 6.04 Å². The average Bonchev–Trinajstić information content (AvgIpc) is 2.48. The summed E-state index contributed by atoms with van der Waals surface area (Å²) in [6.07, 6.45) is 1.02. The van der Waals surface area contributed by atoms with Crippen LogP contribution in [-0.4, -0.2) is 26.6 Å². The number of sulfonamides is 1. The number of nitrogens with one attached hydrogen (secondary N) is 1. The number of amides is 1. The Bertz CT molecular complexity index is 925. The highest BCUT2D eigenvalue weighted by atomic mass is 35.5. The van der Waals surface area contributed by atoms with Crippen LogP contribution in [0.5, 0.6) is 0 Å². The third kappa shape index (κ3) is 4.90. The van der Waals surface area contributed by atoms with Crippen LogP contribution in [0.3, 0.4) is 0 Å². The lowest BCUT2D eigenvalue weighted by atomic mass is 10.1. The minimum absolute atomic E-state index is 0.157. The lowest BCUT2D eigenvalue weighted by molar-refractivity contribution is -0.116. The molecule has 2 aromatic rings. The zero-order valence-electron chi connectivity index (χ0n) is 14.9. The van der Waals surface area contributed by atoms with Gasteiger partial charge in [-0.2, -0.15) is 0 Å². The quantitative estimate of drug-likeness (QED) is 0.787. The van der Waals surface area contributed by atoms with Gasteiger partial charge in [0.15, 0.2) is 0 Å². The monoisotopic (exact) mass is 414 g/mol. The summed E-state index contributed by atoms with van der Waals surface area (Å²) < 4.78 is 25.7. The molecule has 0 saturated carbocycles. The van der Waals surface area contributed by atoms with Crippen molar-refractivity contribution in [2.45, 2.75) is 26.8 Å². The highest BCUT2D eigenvalue weighted by molar-refractivity contribution is 7.92. The second-order valence-corrected chi connectivity index (χ2v) is 8.90. The van der Waals surface area contributed by atoms with Crippen molar-refractivity contribution >= 4 is 50.5 Å². The summed E-state index contributed by atoms with van der Waals surface area (Å²) in [6.45, 7) is 5.33. The Hall–Kier alpha value is -1.76. The van der Waals surface area contributed by atoms with E-state index in [9.17, 15) is 13.2 Å². The maximum Gasteiger partial charge on any atom is 0.247 e. The normalized spacial score (nSPS) is 12.5. The highest BCUT2D eigenvalue weighted by Gasteiger charge is 2.30. The second kappa shape index (κ2) is 7.86. The maximum absolute atomic E-state index is 12.7. The molecule has 26 heavy (non-hydrogen) atoms. The van der Waals surface area contributed by atoms with Gasteiger partial charge in [0.05, 0.1) is 17.0 Å². The fraction of sp³-hybridized carbons (Fsp3) is 0.278. The van der Waals surface area contributed by atoms with Crippen LogP contribution in [0.1, 0.15) is 18.1 Å². The molecule has 1 amide bonds. The second-order valence-electron chi connectivity index (χ2n) is 6.20. The third-order valence-electron chi connectivity index (χ3n) is 3.72. The molecule has 8 heteroatoms. The van der Waals surface area contributed by atoms with Crippen LogP contribution >= 0.6 is 23.2 Å². The molecule has 1 atom stereocenters. The van der Waals surface area contributed by atoms with Crippen molar-refractivity contribution in [1.29, 1.82) is 0 Å². The SMILES string of the molecule is Cc1cc(C)cc(NC(=O)C(C)N(c2cc(Cl)ccc2Cl)S(C)(=O)=O)c1. The minimum Gasteiger partial charge on any atom is -0.324 e. The number of carbonyl (C=O) groups is 1. The Labute approximate surface area is 164 Å². The van der Waals surface area contributed by atoms with Gasteiger partial charge in [-0.15, -0.1) is 0 Å². The van der Waals surface area contributed by atoms with Crippen LogP contribution in [-0.2, 0) is 14.8 Å². The van der Waals surface area contributed by atoms with Crippen molar-refractivity contribution in [1.82, 2.24) is 0 Å². The standard InChI is InChI=1S/C18H20Cl2N2O3S/c1-11-7-12(2)9-15(8-11)21-18(23)13(3)22(26(4,24)25)17-10-14(19)5-6-16(17)20/h5-10,13H,1-4H3,(H,21,23). The van der Waals surface area contributed by atoms with Crippen molar-refractivity contribution in [3.8, 4) is 0 Å². The van der Waals surface area contributed by atoms with E-state index in [2.05, 4.69) is 5.32 Å². The number of carbonyl (C=O) groups excluding carboxylic acids is 1. The number of aryl methyl sites for hydroxylation is 2.